The number of hydrogen-bond donors (Lipinski definition) is 0. The maximum atomic E-state index is 12.8. The fourth-order valence-electron chi connectivity index (χ4n) is 3.06. The summed E-state index contributed by atoms with van der Waals surface area (Å²) in [4.78, 5) is 44.4. The van der Waals surface area contributed by atoms with Gasteiger partial charge in [-0.1, -0.05) is 0 Å². The molecule has 0 radical (unpaired) electrons. The van der Waals surface area contributed by atoms with Gasteiger partial charge in [-0.3, -0.25) is 14.2 Å². The molecule has 0 aliphatic carbocycles. The predicted molar refractivity (Wildman–Crippen MR) is 102 cm³/mol. The maximum Gasteiger partial charge on any atom is 0.348 e. The van der Waals surface area contributed by atoms with Gasteiger partial charge in [0.1, 0.15) is 16.3 Å². The van der Waals surface area contributed by atoms with Crippen LogP contribution in [0.5, 0.6) is 0 Å². The lowest BCUT2D eigenvalue weighted by molar-refractivity contribution is -0.135. The smallest absolute Gasteiger partial charge is 0.348 e. The van der Waals surface area contributed by atoms with E-state index in [1.165, 1.54) is 10.9 Å². The van der Waals surface area contributed by atoms with Crippen molar-refractivity contribution in [1.29, 1.82) is 0 Å². The molecule has 2 heterocycles. The van der Waals surface area contributed by atoms with E-state index in [0.29, 0.717) is 20.7 Å². The first kappa shape index (κ1) is 20.1. The molecule has 0 fully saturated rings. The van der Waals surface area contributed by atoms with Crippen molar-refractivity contribution in [3.05, 3.63) is 27.1 Å². The van der Waals surface area contributed by atoms with E-state index in [9.17, 15) is 14.4 Å². The van der Waals surface area contributed by atoms with E-state index in [2.05, 4.69) is 4.98 Å². The summed E-state index contributed by atoms with van der Waals surface area (Å²) in [5, 5.41) is 0.369. The van der Waals surface area contributed by atoms with Crippen LogP contribution in [0.2, 0.25) is 0 Å². The highest BCUT2D eigenvalue weighted by Crippen LogP contribution is 2.27. The first-order chi connectivity index (χ1) is 12.2. The minimum absolute atomic E-state index is 0.0354. The Kier molecular flexibility index (Phi) is 6.17. The molecule has 0 aromatic carbocycles. The Labute approximate surface area is 156 Å². The van der Waals surface area contributed by atoms with Crippen molar-refractivity contribution < 1.29 is 14.3 Å². The minimum Gasteiger partial charge on any atom is -0.462 e. The van der Waals surface area contributed by atoms with Gasteiger partial charge in [-0.15, -0.1) is 11.3 Å². The molecule has 26 heavy (non-hydrogen) atoms. The molecule has 0 unspecified atom stereocenters. The summed E-state index contributed by atoms with van der Waals surface area (Å²) in [6, 6.07) is 0.0707. The number of rotatable bonds is 6. The number of aryl methyl sites for hydroxylation is 1. The Morgan fingerprint density at radius 2 is 1.88 bits per heavy atom. The van der Waals surface area contributed by atoms with Crippen molar-refractivity contribution in [2.75, 3.05) is 6.61 Å². The topological polar surface area (TPSA) is 81.5 Å². The van der Waals surface area contributed by atoms with Crippen LogP contribution in [0.25, 0.3) is 10.2 Å². The number of fused-ring (bicyclic) bond motifs is 1. The number of carbonyl (C=O) groups excluding carboxylic acids is 2. The van der Waals surface area contributed by atoms with Crippen LogP contribution in [0.1, 0.15) is 49.9 Å². The molecule has 0 aliphatic heterocycles. The zero-order valence-electron chi connectivity index (χ0n) is 16.0. The van der Waals surface area contributed by atoms with Gasteiger partial charge in [0.15, 0.2) is 0 Å². The van der Waals surface area contributed by atoms with Gasteiger partial charge in [0.2, 0.25) is 5.91 Å². The number of thiophene rings is 1. The van der Waals surface area contributed by atoms with Crippen LogP contribution in [-0.2, 0) is 16.1 Å². The molecule has 2 aromatic rings. The zero-order chi connectivity index (χ0) is 19.6. The van der Waals surface area contributed by atoms with Gasteiger partial charge < -0.3 is 9.64 Å². The van der Waals surface area contributed by atoms with Gasteiger partial charge in [0, 0.05) is 12.1 Å². The van der Waals surface area contributed by atoms with Crippen LogP contribution < -0.4 is 5.56 Å². The fraction of sp³-hybridized carbons (Fsp3) is 0.556. The third kappa shape index (κ3) is 3.80. The van der Waals surface area contributed by atoms with Crippen LogP contribution in [0.4, 0.5) is 0 Å². The second-order valence-corrected chi connectivity index (χ2v) is 7.62. The molecule has 2 aromatic heterocycles. The van der Waals surface area contributed by atoms with Crippen LogP contribution in [0.15, 0.2) is 11.1 Å². The predicted octanol–water partition coefficient (Wildman–Crippen LogP) is 2.59. The average Bonchev–Trinajstić information content (AvgIpc) is 2.87. The monoisotopic (exact) mass is 379 g/mol. The third-order valence-corrected chi connectivity index (χ3v) is 5.26. The molecule has 8 heteroatoms. The van der Waals surface area contributed by atoms with Crippen LogP contribution >= 0.6 is 11.3 Å². The van der Waals surface area contributed by atoms with Crippen molar-refractivity contribution >= 4 is 33.4 Å². The Hall–Kier alpha value is -2.22. The van der Waals surface area contributed by atoms with Gasteiger partial charge >= 0.3 is 5.97 Å². The average molecular weight is 379 g/mol. The summed E-state index contributed by atoms with van der Waals surface area (Å²) in [6.07, 6.45) is 1.37. The number of hydrogen-bond acceptors (Lipinski definition) is 6. The summed E-state index contributed by atoms with van der Waals surface area (Å²) in [7, 11) is 0. The van der Waals surface area contributed by atoms with E-state index < -0.39 is 5.97 Å². The van der Waals surface area contributed by atoms with Gasteiger partial charge in [-0.25, -0.2) is 9.78 Å². The Morgan fingerprint density at radius 1 is 1.27 bits per heavy atom. The van der Waals surface area contributed by atoms with Gasteiger partial charge in [-0.2, -0.15) is 0 Å². The van der Waals surface area contributed by atoms with Crippen LogP contribution in [0.3, 0.4) is 0 Å². The first-order valence-electron chi connectivity index (χ1n) is 8.65. The number of aromatic nitrogens is 2. The highest BCUT2D eigenvalue weighted by atomic mass is 32.1. The number of nitrogens with zero attached hydrogens (tertiary/aromatic N) is 3. The van der Waals surface area contributed by atoms with E-state index in [1.54, 1.807) is 18.7 Å². The zero-order valence-corrected chi connectivity index (χ0v) is 16.8. The van der Waals surface area contributed by atoms with E-state index >= 15 is 0 Å². The van der Waals surface area contributed by atoms with Gasteiger partial charge in [0.25, 0.3) is 5.56 Å². The van der Waals surface area contributed by atoms with Gasteiger partial charge in [-0.05, 0) is 47.1 Å². The SMILES string of the molecule is CCOC(=O)c1sc2ncn(CC(=O)N(C(C)C)C(C)C)c(=O)c2c1C. The summed E-state index contributed by atoms with van der Waals surface area (Å²) < 4.78 is 6.33. The molecule has 0 spiro atoms. The summed E-state index contributed by atoms with van der Waals surface area (Å²) >= 11 is 1.14. The fourth-order valence-corrected chi connectivity index (χ4v) is 4.10. The van der Waals surface area contributed by atoms with Crippen LogP contribution in [0, 0.1) is 6.92 Å². The lowest BCUT2D eigenvalue weighted by atomic mass is 10.2. The summed E-state index contributed by atoms with van der Waals surface area (Å²) in [5.41, 5.74) is 0.229. The van der Waals surface area contributed by atoms with Crippen molar-refractivity contribution in [3.8, 4) is 0 Å². The molecule has 0 aliphatic rings. The second kappa shape index (κ2) is 7.99. The minimum atomic E-state index is -0.458. The molecule has 0 bridgehead atoms. The van der Waals surface area contributed by atoms with Crippen molar-refractivity contribution in [2.45, 2.75) is 60.2 Å². The molecular weight excluding hydrogens is 354 g/mol. The lowest BCUT2D eigenvalue weighted by Crippen LogP contribution is -2.44. The lowest BCUT2D eigenvalue weighted by Gasteiger charge is -2.30. The standard InChI is InChI=1S/C18H25N3O4S/c1-7-25-18(24)15-12(6)14-16(26-15)19-9-20(17(14)23)8-13(22)21(10(2)3)11(4)5/h9-11H,7-8H2,1-6H3. The molecule has 0 atom stereocenters. The van der Waals surface area contributed by atoms with Crippen molar-refractivity contribution in [3.63, 3.8) is 0 Å². The normalized spacial score (nSPS) is 11.4. The highest BCUT2D eigenvalue weighted by Gasteiger charge is 2.23. The first-order valence-corrected chi connectivity index (χ1v) is 9.47. The second-order valence-electron chi connectivity index (χ2n) is 6.62. The number of carbonyl (C=O) groups is 2. The van der Waals surface area contributed by atoms with Crippen LogP contribution in [-0.4, -0.2) is 45.0 Å². The number of amides is 1. The molecule has 2 rings (SSSR count). The molecule has 7 nitrogen and oxygen atoms in total. The Balaban J connectivity index is 2.43. The molecular formula is C18H25N3O4S. The van der Waals surface area contributed by atoms with Crippen molar-refractivity contribution in [1.82, 2.24) is 14.5 Å². The quantitative estimate of drug-likeness (QED) is 0.721. The number of esters is 1. The Morgan fingerprint density at radius 3 is 2.42 bits per heavy atom. The molecule has 0 N–H and O–H groups in total. The third-order valence-electron chi connectivity index (χ3n) is 4.08. The van der Waals surface area contributed by atoms with E-state index in [4.69, 9.17) is 4.74 Å². The van der Waals surface area contributed by atoms with E-state index in [-0.39, 0.29) is 36.7 Å². The molecule has 0 saturated heterocycles. The number of ether oxygens (including phenoxy) is 1. The van der Waals surface area contributed by atoms with Crippen molar-refractivity contribution in [2.24, 2.45) is 0 Å². The van der Waals surface area contributed by atoms with E-state index in [0.717, 1.165) is 11.3 Å². The molecule has 1 amide bonds. The summed E-state index contributed by atoms with van der Waals surface area (Å²) in [5.74, 6) is -0.599. The highest BCUT2D eigenvalue weighted by molar-refractivity contribution is 7.20. The Bertz CT molecular complexity index is 874. The van der Waals surface area contributed by atoms with E-state index in [1.807, 2.05) is 27.7 Å². The molecule has 0 saturated carbocycles. The maximum absolute atomic E-state index is 12.8. The van der Waals surface area contributed by atoms with Gasteiger partial charge in [0.05, 0.1) is 18.3 Å². The molecule has 142 valence electrons. The summed E-state index contributed by atoms with van der Waals surface area (Å²) in [6.45, 7) is 11.4. The largest absolute Gasteiger partial charge is 0.462 e.